The fraction of sp³-hybridized carbons (Fsp3) is 0.0217. The van der Waals surface area contributed by atoms with E-state index in [1.165, 1.54) is 32.8 Å². The summed E-state index contributed by atoms with van der Waals surface area (Å²) in [7, 11) is 0. The quantitative estimate of drug-likeness (QED) is 0.173. The normalized spacial score (nSPS) is 11.4. The lowest BCUT2D eigenvalue weighted by atomic mass is 9.77. The van der Waals surface area contributed by atoms with E-state index in [0.29, 0.717) is 0 Å². The Kier molecular flexibility index (Phi) is 7.21. The SMILES string of the molecule is c1ccc(C(c2ccccc2-c2nccc3ccccc23)c2ccccc2-c2nccc3ccccc23)c(-c2nccc3ccccc23)c1. The van der Waals surface area contributed by atoms with Crippen LogP contribution in [0.5, 0.6) is 0 Å². The van der Waals surface area contributed by atoms with Crippen LogP contribution in [0.3, 0.4) is 0 Å². The molecule has 0 amide bonds. The smallest absolute Gasteiger partial charge is 0.0783 e. The van der Waals surface area contributed by atoms with Crippen LogP contribution in [0.4, 0.5) is 0 Å². The van der Waals surface area contributed by atoms with Gasteiger partial charge >= 0.3 is 0 Å². The molecule has 0 atom stereocenters. The summed E-state index contributed by atoms with van der Waals surface area (Å²) < 4.78 is 0. The molecule has 49 heavy (non-hydrogen) atoms. The maximum Gasteiger partial charge on any atom is 0.0783 e. The lowest BCUT2D eigenvalue weighted by molar-refractivity contribution is 0.980. The molecule has 0 saturated heterocycles. The van der Waals surface area contributed by atoms with Crippen LogP contribution < -0.4 is 0 Å². The van der Waals surface area contributed by atoms with Gasteiger partial charge < -0.3 is 0 Å². The minimum absolute atomic E-state index is 0.175. The fourth-order valence-electron chi connectivity index (χ4n) is 7.40. The van der Waals surface area contributed by atoms with Gasteiger partial charge in [-0.2, -0.15) is 0 Å². The van der Waals surface area contributed by atoms with Gasteiger partial charge in [0.2, 0.25) is 0 Å². The highest BCUT2D eigenvalue weighted by atomic mass is 14.7. The van der Waals surface area contributed by atoms with Crippen molar-refractivity contribution in [2.24, 2.45) is 0 Å². The lowest BCUT2D eigenvalue weighted by Crippen LogP contribution is -2.10. The van der Waals surface area contributed by atoms with Crippen molar-refractivity contribution in [1.29, 1.82) is 0 Å². The van der Waals surface area contributed by atoms with Crippen molar-refractivity contribution in [2.75, 3.05) is 0 Å². The molecule has 0 fully saturated rings. The third kappa shape index (κ3) is 5.04. The molecule has 0 spiro atoms. The van der Waals surface area contributed by atoms with Crippen molar-refractivity contribution < 1.29 is 0 Å². The molecule has 3 aromatic heterocycles. The number of hydrogen-bond donors (Lipinski definition) is 0. The van der Waals surface area contributed by atoms with Crippen molar-refractivity contribution in [2.45, 2.75) is 5.92 Å². The van der Waals surface area contributed by atoms with E-state index in [-0.39, 0.29) is 5.92 Å². The van der Waals surface area contributed by atoms with E-state index in [9.17, 15) is 0 Å². The van der Waals surface area contributed by atoms with Crippen molar-refractivity contribution in [3.05, 3.63) is 199 Å². The highest BCUT2D eigenvalue weighted by Gasteiger charge is 2.28. The Bertz CT molecular complexity index is 2330. The minimum Gasteiger partial charge on any atom is -0.256 e. The Hall–Kier alpha value is -6.45. The lowest BCUT2D eigenvalue weighted by Gasteiger charge is -2.27. The first-order valence-electron chi connectivity index (χ1n) is 16.6. The monoisotopic (exact) mass is 625 g/mol. The summed E-state index contributed by atoms with van der Waals surface area (Å²) in [5.74, 6) is -0.175. The van der Waals surface area contributed by atoms with E-state index < -0.39 is 0 Å². The molecule has 0 N–H and O–H groups in total. The van der Waals surface area contributed by atoms with E-state index in [1.54, 1.807) is 0 Å². The van der Waals surface area contributed by atoms with Crippen LogP contribution in [-0.4, -0.2) is 15.0 Å². The van der Waals surface area contributed by atoms with Crippen molar-refractivity contribution in [1.82, 2.24) is 15.0 Å². The molecular weight excluding hydrogens is 595 g/mol. The van der Waals surface area contributed by atoms with Crippen LogP contribution in [0.1, 0.15) is 22.6 Å². The van der Waals surface area contributed by atoms with Crippen LogP contribution in [0.15, 0.2) is 182 Å². The molecule has 3 heteroatoms. The summed E-state index contributed by atoms with van der Waals surface area (Å²) in [6, 6.07) is 58.0. The molecule has 0 aliphatic carbocycles. The first-order valence-corrected chi connectivity index (χ1v) is 16.6. The predicted molar refractivity (Wildman–Crippen MR) is 202 cm³/mol. The largest absolute Gasteiger partial charge is 0.256 e. The second kappa shape index (κ2) is 12.3. The molecule has 3 heterocycles. The third-order valence-electron chi connectivity index (χ3n) is 9.60. The van der Waals surface area contributed by atoms with Crippen LogP contribution in [0.2, 0.25) is 0 Å². The van der Waals surface area contributed by atoms with E-state index in [2.05, 4.69) is 164 Å². The molecule has 0 bridgehead atoms. The zero-order valence-electron chi connectivity index (χ0n) is 26.7. The molecule has 0 unspecified atom stereocenters. The molecule has 230 valence electrons. The van der Waals surface area contributed by atoms with E-state index in [1.807, 2.05) is 18.6 Å². The number of fused-ring (bicyclic) bond motifs is 3. The standard InChI is InChI=1S/C46H31N3/c1-4-16-34-31(13-1)25-28-47-44(34)40-22-10-7-19-37(40)43(38-20-8-11-23-41(38)45-35-17-5-2-14-32(35)26-29-48-45)39-21-9-12-24-42(39)46-36-18-6-3-15-33(36)27-30-49-46/h1-30,43H. The number of hydrogen-bond acceptors (Lipinski definition) is 3. The summed E-state index contributed by atoms with van der Waals surface area (Å²) in [6.45, 7) is 0. The first-order chi connectivity index (χ1) is 24.3. The molecular formula is C46H31N3. The molecule has 3 nitrogen and oxygen atoms in total. The first kappa shape index (κ1) is 28.7. The van der Waals surface area contributed by atoms with Gasteiger partial charge in [0, 0.05) is 57.4 Å². The van der Waals surface area contributed by atoms with E-state index in [4.69, 9.17) is 15.0 Å². The predicted octanol–water partition coefficient (Wildman–Crippen LogP) is 11.5. The number of nitrogens with zero attached hydrogens (tertiary/aromatic N) is 3. The molecule has 9 rings (SSSR count). The highest BCUT2D eigenvalue weighted by molar-refractivity contribution is 5.99. The maximum absolute atomic E-state index is 5.03. The summed E-state index contributed by atoms with van der Waals surface area (Å²) in [5, 5.41) is 6.89. The molecule has 0 aliphatic rings. The van der Waals surface area contributed by atoms with Gasteiger partial charge in [0.15, 0.2) is 0 Å². The number of benzene rings is 6. The molecule has 6 aromatic carbocycles. The maximum atomic E-state index is 5.03. The van der Waals surface area contributed by atoms with Gasteiger partial charge in [-0.25, -0.2) is 0 Å². The third-order valence-corrected chi connectivity index (χ3v) is 9.60. The van der Waals surface area contributed by atoms with Crippen molar-refractivity contribution in [3.63, 3.8) is 0 Å². The summed E-state index contributed by atoms with van der Waals surface area (Å²) in [5.41, 5.74) is 9.74. The Labute approximate surface area is 285 Å². The van der Waals surface area contributed by atoms with Gasteiger partial charge in [-0.3, -0.25) is 15.0 Å². The van der Waals surface area contributed by atoms with Gasteiger partial charge in [0.1, 0.15) is 0 Å². The van der Waals surface area contributed by atoms with E-state index in [0.717, 1.165) is 49.9 Å². The van der Waals surface area contributed by atoms with Crippen LogP contribution in [0, 0.1) is 0 Å². The zero-order chi connectivity index (χ0) is 32.6. The summed E-state index contributed by atoms with van der Waals surface area (Å²) >= 11 is 0. The number of pyridine rings is 3. The van der Waals surface area contributed by atoms with E-state index >= 15 is 0 Å². The Morgan fingerprint density at radius 1 is 0.286 bits per heavy atom. The zero-order valence-corrected chi connectivity index (χ0v) is 26.7. The average molecular weight is 626 g/mol. The van der Waals surface area contributed by atoms with Gasteiger partial charge in [-0.05, 0) is 51.0 Å². The second-order valence-corrected chi connectivity index (χ2v) is 12.3. The summed E-state index contributed by atoms with van der Waals surface area (Å²) in [6.07, 6.45) is 5.77. The summed E-state index contributed by atoms with van der Waals surface area (Å²) in [4.78, 5) is 15.1. The average Bonchev–Trinajstić information content (AvgIpc) is 3.18. The number of rotatable bonds is 6. The highest BCUT2D eigenvalue weighted by Crippen LogP contribution is 2.46. The molecule has 0 saturated carbocycles. The Morgan fingerprint density at radius 2 is 0.571 bits per heavy atom. The molecule has 9 aromatic rings. The Balaban J connectivity index is 1.37. The molecule has 0 radical (unpaired) electrons. The van der Waals surface area contributed by atoms with Gasteiger partial charge in [0.25, 0.3) is 0 Å². The van der Waals surface area contributed by atoms with Gasteiger partial charge in [-0.1, -0.05) is 146 Å². The van der Waals surface area contributed by atoms with Crippen molar-refractivity contribution >= 4 is 32.3 Å². The second-order valence-electron chi connectivity index (χ2n) is 12.3. The van der Waals surface area contributed by atoms with Crippen LogP contribution >= 0.6 is 0 Å². The fourth-order valence-corrected chi connectivity index (χ4v) is 7.40. The van der Waals surface area contributed by atoms with Crippen LogP contribution in [-0.2, 0) is 0 Å². The molecule has 0 aliphatic heterocycles. The van der Waals surface area contributed by atoms with Crippen molar-refractivity contribution in [3.8, 4) is 33.8 Å². The minimum atomic E-state index is -0.175. The van der Waals surface area contributed by atoms with Gasteiger partial charge in [0.05, 0.1) is 17.1 Å². The Morgan fingerprint density at radius 3 is 0.918 bits per heavy atom. The van der Waals surface area contributed by atoms with Gasteiger partial charge in [-0.15, -0.1) is 0 Å². The topological polar surface area (TPSA) is 38.7 Å². The van der Waals surface area contributed by atoms with Crippen LogP contribution in [0.25, 0.3) is 66.1 Å². The number of aromatic nitrogens is 3.